The van der Waals surface area contributed by atoms with E-state index in [0.29, 0.717) is 5.56 Å². The molecular weight excluding hydrogens is 263 g/mol. The Morgan fingerprint density at radius 3 is 2.62 bits per heavy atom. The molecule has 3 aromatic rings. The minimum Gasteiger partial charge on any atom is -0.313 e. The molecule has 1 aromatic heterocycles. The van der Waals surface area contributed by atoms with Crippen molar-refractivity contribution in [1.29, 1.82) is 0 Å². The number of likely N-dealkylation sites (N-methyl/N-ethyl adjacent to an activating group) is 1. The van der Waals surface area contributed by atoms with Gasteiger partial charge < -0.3 is 5.32 Å². The van der Waals surface area contributed by atoms with Crippen molar-refractivity contribution in [3.05, 3.63) is 77.7 Å². The van der Waals surface area contributed by atoms with Gasteiger partial charge in [-0.15, -0.1) is 0 Å². The lowest BCUT2D eigenvalue weighted by Gasteiger charge is -2.18. The minimum absolute atomic E-state index is 0.0583. The fourth-order valence-corrected chi connectivity index (χ4v) is 2.68. The van der Waals surface area contributed by atoms with Gasteiger partial charge in [-0.25, -0.2) is 4.39 Å². The van der Waals surface area contributed by atoms with Crippen LogP contribution in [0.15, 0.2) is 60.8 Å². The van der Waals surface area contributed by atoms with E-state index in [4.69, 9.17) is 0 Å². The minimum atomic E-state index is -0.171. The lowest BCUT2D eigenvalue weighted by molar-refractivity contribution is 0.535. The maximum atomic E-state index is 14.0. The van der Waals surface area contributed by atoms with Gasteiger partial charge in [-0.3, -0.25) is 4.98 Å². The molecule has 0 aliphatic rings. The van der Waals surface area contributed by atoms with Gasteiger partial charge in [0.25, 0.3) is 0 Å². The molecule has 3 rings (SSSR count). The van der Waals surface area contributed by atoms with E-state index >= 15 is 0 Å². The Morgan fingerprint density at radius 1 is 1.05 bits per heavy atom. The highest BCUT2D eigenvalue weighted by Gasteiger charge is 2.15. The molecule has 1 unspecified atom stereocenters. The summed E-state index contributed by atoms with van der Waals surface area (Å²) in [6.45, 7) is 0. The Morgan fingerprint density at radius 2 is 1.81 bits per heavy atom. The molecule has 0 saturated carbocycles. The highest BCUT2D eigenvalue weighted by Crippen LogP contribution is 2.24. The summed E-state index contributed by atoms with van der Waals surface area (Å²) in [5.74, 6) is -0.171. The summed E-state index contributed by atoms with van der Waals surface area (Å²) < 4.78 is 14.0. The van der Waals surface area contributed by atoms with Crippen molar-refractivity contribution in [2.45, 2.75) is 12.5 Å². The molecule has 106 valence electrons. The van der Waals surface area contributed by atoms with Gasteiger partial charge in [0.1, 0.15) is 5.82 Å². The van der Waals surface area contributed by atoms with Gasteiger partial charge in [-0.1, -0.05) is 36.4 Å². The molecule has 0 saturated heterocycles. The molecule has 0 radical (unpaired) electrons. The second-order valence-corrected chi connectivity index (χ2v) is 5.05. The van der Waals surface area contributed by atoms with Crippen LogP contribution in [-0.4, -0.2) is 12.0 Å². The van der Waals surface area contributed by atoms with E-state index in [-0.39, 0.29) is 11.9 Å². The zero-order valence-electron chi connectivity index (χ0n) is 11.9. The lowest BCUT2D eigenvalue weighted by Crippen LogP contribution is -2.20. The number of pyridine rings is 1. The first-order chi connectivity index (χ1) is 10.3. The topological polar surface area (TPSA) is 24.9 Å². The number of halogens is 1. The van der Waals surface area contributed by atoms with Crippen molar-refractivity contribution in [1.82, 2.24) is 10.3 Å². The highest BCUT2D eigenvalue weighted by atomic mass is 19.1. The summed E-state index contributed by atoms with van der Waals surface area (Å²) in [6, 6.07) is 16.9. The normalized spacial score (nSPS) is 12.5. The molecule has 0 amide bonds. The monoisotopic (exact) mass is 280 g/mol. The molecular formula is C18H17FN2. The summed E-state index contributed by atoms with van der Waals surface area (Å²) in [7, 11) is 1.86. The van der Waals surface area contributed by atoms with Crippen LogP contribution in [0, 0.1) is 5.82 Å². The average molecular weight is 280 g/mol. The van der Waals surface area contributed by atoms with Crippen LogP contribution < -0.4 is 5.32 Å². The third kappa shape index (κ3) is 2.78. The van der Waals surface area contributed by atoms with Crippen LogP contribution in [0.5, 0.6) is 0 Å². The Bertz CT molecular complexity index is 750. The number of hydrogen-bond acceptors (Lipinski definition) is 2. The molecule has 0 aliphatic heterocycles. The lowest BCUT2D eigenvalue weighted by atomic mass is 9.96. The van der Waals surface area contributed by atoms with E-state index in [0.717, 1.165) is 17.3 Å². The Hall–Kier alpha value is -2.26. The van der Waals surface area contributed by atoms with Crippen molar-refractivity contribution in [3.8, 4) is 0 Å². The number of hydrogen-bond donors (Lipinski definition) is 1. The number of nitrogens with one attached hydrogen (secondary N) is 1. The molecule has 2 nitrogen and oxygen atoms in total. The SMILES string of the molecule is CNC(Cc1ccnc2ccccc12)c1ccccc1F. The van der Waals surface area contributed by atoms with Crippen molar-refractivity contribution in [3.63, 3.8) is 0 Å². The van der Waals surface area contributed by atoms with Gasteiger partial charge in [0.15, 0.2) is 0 Å². The van der Waals surface area contributed by atoms with E-state index in [1.54, 1.807) is 6.07 Å². The zero-order valence-corrected chi connectivity index (χ0v) is 11.9. The predicted octanol–water partition coefficient (Wildman–Crippen LogP) is 3.88. The van der Waals surface area contributed by atoms with E-state index in [1.165, 1.54) is 11.6 Å². The molecule has 21 heavy (non-hydrogen) atoms. The summed E-state index contributed by atoms with van der Waals surface area (Å²) in [4.78, 5) is 4.37. The van der Waals surface area contributed by atoms with E-state index in [1.807, 2.05) is 49.6 Å². The van der Waals surface area contributed by atoms with Crippen LogP contribution in [-0.2, 0) is 6.42 Å². The maximum absolute atomic E-state index is 14.0. The number of benzene rings is 2. The van der Waals surface area contributed by atoms with Crippen LogP contribution in [0.1, 0.15) is 17.2 Å². The first-order valence-corrected chi connectivity index (χ1v) is 7.04. The number of rotatable bonds is 4. The Kier molecular flexibility index (Phi) is 3.93. The summed E-state index contributed by atoms with van der Waals surface area (Å²) in [6.07, 6.45) is 2.53. The third-order valence-electron chi connectivity index (χ3n) is 3.79. The number of para-hydroxylation sites is 1. The quantitative estimate of drug-likeness (QED) is 0.784. The van der Waals surface area contributed by atoms with E-state index in [2.05, 4.69) is 16.4 Å². The summed E-state index contributed by atoms with van der Waals surface area (Å²) >= 11 is 0. The van der Waals surface area contributed by atoms with Crippen LogP contribution in [0.3, 0.4) is 0 Å². The second-order valence-electron chi connectivity index (χ2n) is 5.05. The number of fused-ring (bicyclic) bond motifs is 1. The first kappa shape index (κ1) is 13.7. The average Bonchev–Trinajstić information content (AvgIpc) is 2.53. The molecule has 0 bridgehead atoms. The van der Waals surface area contributed by atoms with Crippen LogP contribution in [0.25, 0.3) is 10.9 Å². The Balaban J connectivity index is 1.98. The molecule has 1 atom stereocenters. The van der Waals surface area contributed by atoms with Crippen LogP contribution in [0.4, 0.5) is 4.39 Å². The first-order valence-electron chi connectivity index (χ1n) is 7.04. The molecule has 2 aromatic carbocycles. The highest BCUT2D eigenvalue weighted by molar-refractivity contribution is 5.81. The van der Waals surface area contributed by atoms with Crippen molar-refractivity contribution in [2.75, 3.05) is 7.05 Å². The van der Waals surface area contributed by atoms with Crippen LogP contribution in [0.2, 0.25) is 0 Å². The van der Waals surface area contributed by atoms with Crippen LogP contribution >= 0.6 is 0 Å². The fraction of sp³-hybridized carbons (Fsp3) is 0.167. The maximum Gasteiger partial charge on any atom is 0.127 e. The van der Waals surface area contributed by atoms with Gasteiger partial charge in [0, 0.05) is 23.2 Å². The van der Waals surface area contributed by atoms with Crippen molar-refractivity contribution < 1.29 is 4.39 Å². The molecule has 0 aliphatic carbocycles. The van der Waals surface area contributed by atoms with Gasteiger partial charge >= 0.3 is 0 Å². The summed E-state index contributed by atoms with van der Waals surface area (Å²) in [5.41, 5.74) is 2.84. The van der Waals surface area contributed by atoms with E-state index < -0.39 is 0 Å². The molecule has 1 heterocycles. The number of aromatic nitrogens is 1. The summed E-state index contributed by atoms with van der Waals surface area (Å²) in [5, 5.41) is 4.33. The van der Waals surface area contributed by atoms with Gasteiger partial charge in [0.2, 0.25) is 0 Å². The van der Waals surface area contributed by atoms with E-state index in [9.17, 15) is 4.39 Å². The largest absolute Gasteiger partial charge is 0.313 e. The molecule has 1 N–H and O–H groups in total. The van der Waals surface area contributed by atoms with Gasteiger partial charge in [-0.05, 0) is 37.2 Å². The standard InChI is InChI=1S/C18H17FN2/c1-20-18(15-7-2-4-8-16(15)19)12-13-10-11-21-17-9-5-3-6-14(13)17/h2-11,18,20H,12H2,1H3. The smallest absolute Gasteiger partial charge is 0.127 e. The Labute approximate surface area is 123 Å². The van der Waals surface area contributed by atoms with Gasteiger partial charge in [0.05, 0.1) is 5.52 Å². The van der Waals surface area contributed by atoms with Crippen molar-refractivity contribution in [2.24, 2.45) is 0 Å². The predicted molar refractivity (Wildman–Crippen MR) is 83.6 cm³/mol. The second kappa shape index (κ2) is 6.02. The third-order valence-corrected chi connectivity index (χ3v) is 3.79. The number of nitrogens with zero attached hydrogens (tertiary/aromatic N) is 1. The molecule has 0 spiro atoms. The molecule has 3 heteroatoms. The zero-order chi connectivity index (χ0) is 14.7. The molecule has 0 fully saturated rings. The van der Waals surface area contributed by atoms with Crippen molar-refractivity contribution >= 4 is 10.9 Å². The fourth-order valence-electron chi connectivity index (χ4n) is 2.68. The van der Waals surface area contributed by atoms with Gasteiger partial charge in [-0.2, -0.15) is 0 Å².